The van der Waals surface area contributed by atoms with Crippen LogP contribution in [-0.4, -0.2) is 31.9 Å². The molecule has 96 valence electrons. The normalized spacial score (nSPS) is 22.3. The molecule has 18 heavy (non-hydrogen) atoms. The number of carbonyl (C=O) groups is 2. The maximum Gasteiger partial charge on any atom is 0.329 e. The van der Waals surface area contributed by atoms with Gasteiger partial charge in [0.2, 0.25) is 5.41 Å². The van der Waals surface area contributed by atoms with Crippen LogP contribution in [0.4, 0.5) is 8.78 Å². The molecule has 1 atom stereocenters. The van der Waals surface area contributed by atoms with Crippen molar-refractivity contribution in [3.8, 4) is 5.75 Å². The van der Waals surface area contributed by atoms with Gasteiger partial charge in [0.25, 0.3) is 6.43 Å². The SMILES string of the molecule is COC(=O)C1(C(F)F)COc2ccccc2C1=O. The van der Waals surface area contributed by atoms with E-state index in [-0.39, 0.29) is 11.3 Å². The van der Waals surface area contributed by atoms with E-state index in [0.29, 0.717) is 0 Å². The van der Waals surface area contributed by atoms with Gasteiger partial charge in [-0.1, -0.05) is 12.1 Å². The Hall–Kier alpha value is -1.98. The Morgan fingerprint density at radius 1 is 1.44 bits per heavy atom. The first-order valence-electron chi connectivity index (χ1n) is 5.17. The standard InChI is InChI=1S/C12H10F2O4/c1-17-11(16)12(10(13)14)6-18-8-5-3-2-4-7(8)9(12)15/h2-5,10H,6H2,1H3. The molecule has 1 heterocycles. The second-order valence-electron chi connectivity index (χ2n) is 3.88. The molecule has 4 nitrogen and oxygen atoms in total. The number of halogens is 2. The van der Waals surface area contributed by atoms with Crippen molar-refractivity contribution in [3.63, 3.8) is 0 Å². The van der Waals surface area contributed by atoms with Gasteiger partial charge in [-0.25, -0.2) is 8.78 Å². The highest BCUT2D eigenvalue weighted by atomic mass is 19.3. The summed E-state index contributed by atoms with van der Waals surface area (Å²) in [6.07, 6.45) is -3.19. The van der Waals surface area contributed by atoms with Crippen LogP contribution in [0.3, 0.4) is 0 Å². The molecule has 0 aromatic heterocycles. The second-order valence-corrected chi connectivity index (χ2v) is 3.88. The number of benzene rings is 1. The van der Waals surface area contributed by atoms with Gasteiger partial charge < -0.3 is 9.47 Å². The van der Waals surface area contributed by atoms with Crippen LogP contribution in [0.1, 0.15) is 10.4 Å². The van der Waals surface area contributed by atoms with Crippen molar-refractivity contribution in [3.05, 3.63) is 29.8 Å². The van der Waals surface area contributed by atoms with Gasteiger partial charge in [-0.3, -0.25) is 9.59 Å². The average Bonchev–Trinajstić information content (AvgIpc) is 2.38. The predicted molar refractivity (Wildman–Crippen MR) is 56.7 cm³/mol. The number of hydrogen-bond acceptors (Lipinski definition) is 4. The minimum absolute atomic E-state index is 0.0329. The van der Waals surface area contributed by atoms with E-state index in [1.54, 1.807) is 6.07 Å². The fourth-order valence-electron chi connectivity index (χ4n) is 1.86. The summed E-state index contributed by atoms with van der Waals surface area (Å²) in [5, 5.41) is 0. The fourth-order valence-corrected chi connectivity index (χ4v) is 1.86. The maximum absolute atomic E-state index is 13.2. The first-order chi connectivity index (χ1) is 8.54. The zero-order valence-electron chi connectivity index (χ0n) is 9.48. The van der Waals surface area contributed by atoms with Crippen LogP contribution in [0.5, 0.6) is 5.75 Å². The number of ketones is 1. The van der Waals surface area contributed by atoms with Crippen molar-refractivity contribution in [2.24, 2.45) is 5.41 Å². The Labute approximate surface area is 101 Å². The first-order valence-corrected chi connectivity index (χ1v) is 5.17. The lowest BCUT2D eigenvalue weighted by molar-refractivity contribution is -0.161. The largest absolute Gasteiger partial charge is 0.491 e. The number of fused-ring (bicyclic) bond motifs is 1. The molecular formula is C12H10F2O4. The highest BCUT2D eigenvalue weighted by Gasteiger charge is 2.58. The van der Waals surface area contributed by atoms with E-state index >= 15 is 0 Å². The van der Waals surface area contributed by atoms with Crippen molar-refractivity contribution in [1.29, 1.82) is 0 Å². The van der Waals surface area contributed by atoms with Crippen LogP contribution < -0.4 is 4.74 Å². The molecule has 6 heteroatoms. The lowest BCUT2D eigenvalue weighted by atomic mass is 9.79. The summed E-state index contributed by atoms with van der Waals surface area (Å²) in [5.74, 6) is -2.05. The summed E-state index contributed by atoms with van der Waals surface area (Å²) in [5.41, 5.74) is -2.60. The highest BCUT2D eigenvalue weighted by molar-refractivity contribution is 6.15. The second kappa shape index (κ2) is 4.36. The highest BCUT2D eigenvalue weighted by Crippen LogP contribution is 2.39. The maximum atomic E-state index is 13.2. The van der Waals surface area contributed by atoms with Crippen LogP contribution in [0.2, 0.25) is 0 Å². The number of carbonyl (C=O) groups excluding carboxylic acids is 2. The summed E-state index contributed by atoms with van der Waals surface area (Å²) < 4.78 is 35.7. The molecule has 0 amide bonds. The van der Waals surface area contributed by atoms with Crippen molar-refractivity contribution < 1.29 is 27.8 Å². The van der Waals surface area contributed by atoms with Gasteiger partial charge >= 0.3 is 5.97 Å². The van der Waals surface area contributed by atoms with E-state index in [0.717, 1.165) is 7.11 Å². The molecule has 1 aliphatic heterocycles. The summed E-state index contributed by atoms with van der Waals surface area (Å²) in [7, 11) is 0.959. The number of alkyl halides is 2. The molecule has 0 saturated carbocycles. The number of methoxy groups -OCH3 is 1. The van der Waals surface area contributed by atoms with Crippen molar-refractivity contribution >= 4 is 11.8 Å². The Kier molecular flexibility index (Phi) is 3.02. The number of rotatable bonds is 2. The van der Waals surface area contributed by atoms with Crippen molar-refractivity contribution in [2.45, 2.75) is 6.43 Å². The molecule has 0 bridgehead atoms. The quantitative estimate of drug-likeness (QED) is 0.596. The Bertz CT molecular complexity index is 501. The number of para-hydroxylation sites is 1. The lowest BCUT2D eigenvalue weighted by Gasteiger charge is -2.32. The Morgan fingerprint density at radius 2 is 2.11 bits per heavy atom. The van der Waals surface area contributed by atoms with E-state index in [1.165, 1.54) is 18.2 Å². The van der Waals surface area contributed by atoms with Gasteiger partial charge in [-0.2, -0.15) is 0 Å². The van der Waals surface area contributed by atoms with E-state index in [9.17, 15) is 18.4 Å². The molecule has 1 aromatic rings. The fraction of sp³-hybridized carbons (Fsp3) is 0.333. The molecule has 0 N–H and O–H groups in total. The predicted octanol–water partition coefficient (Wildman–Crippen LogP) is 1.69. The molecule has 1 aliphatic rings. The number of ether oxygens (including phenoxy) is 2. The minimum atomic E-state index is -3.19. The van der Waals surface area contributed by atoms with Crippen molar-refractivity contribution in [2.75, 3.05) is 13.7 Å². The molecule has 1 aromatic carbocycles. The molecular weight excluding hydrogens is 246 g/mol. The van der Waals surface area contributed by atoms with Gasteiger partial charge in [0.1, 0.15) is 12.4 Å². The van der Waals surface area contributed by atoms with E-state index in [1.807, 2.05) is 0 Å². The summed E-state index contributed by atoms with van der Waals surface area (Å²) in [4.78, 5) is 23.7. The summed E-state index contributed by atoms with van der Waals surface area (Å²) >= 11 is 0. The zero-order valence-corrected chi connectivity index (χ0v) is 9.48. The average molecular weight is 256 g/mol. The van der Waals surface area contributed by atoms with Crippen LogP contribution >= 0.6 is 0 Å². The van der Waals surface area contributed by atoms with Crippen molar-refractivity contribution in [1.82, 2.24) is 0 Å². The third kappa shape index (κ3) is 1.56. The van der Waals surface area contributed by atoms with Gasteiger partial charge in [0.05, 0.1) is 12.7 Å². The van der Waals surface area contributed by atoms with Gasteiger partial charge in [-0.05, 0) is 12.1 Å². The number of esters is 1. The zero-order chi connectivity index (χ0) is 13.3. The third-order valence-electron chi connectivity index (χ3n) is 2.91. The molecule has 1 unspecified atom stereocenters. The minimum Gasteiger partial charge on any atom is -0.491 e. The van der Waals surface area contributed by atoms with Gasteiger partial charge in [0, 0.05) is 0 Å². The van der Waals surface area contributed by atoms with E-state index < -0.39 is 30.2 Å². The summed E-state index contributed by atoms with van der Waals surface area (Å²) in [6.45, 7) is -0.715. The molecule has 0 spiro atoms. The molecule has 0 aliphatic carbocycles. The topological polar surface area (TPSA) is 52.6 Å². The first kappa shape index (κ1) is 12.5. The molecule has 0 saturated heterocycles. The van der Waals surface area contributed by atoms with Crippen LogP contribution in [0.15, 0.2) is 24.3 Å². The van der Waals surface area contributed by atoms with Crippen LogP contribution in [0, 0.1) is 5.41 Å². The van der Waals surface area contributed by atoms with E-state index in [2.05, 4.69) is 4.74 Å². The monoisotopic (exact) mass is 256 g/mol. The Balaban J connectivity index is 2.54. The molecule has 2 rings (SSSR count). The Morgan fingerprint density at radius 3 is 2.72 bits per heavy atom. The third-order valence-corrected chi connectivity index (χ3v) is 2.91. The molecule has 0 fully saturated rings. The van der Waals surface area contributed by atoms with Gasteiger partial charge in [-0.15, -0.1) is 0 Å². The van der Waals surface area contributed by atoms with Gasteiger partial charge in [0.15, 0.2) is 5.78 Å². The number of Topliss-reactive ketones (excluding diaryl/α,β-unsaturated/α-hetero) is 1. The van der Waals surface area contributed by atoms with Crippen LogP contribution in [-0.2, 0) is 9.53 Å². The van der Waals surface area contributed by atoms with Crippen LogP contribution in [0.25, 0.3) is 0 Å². The summed E-state index contributed by atoms with van der Waals surface area (Å²) in [6, 6.07) is 5.95. The van der Waals surface area contributed by atoms with E-state index in [4.69, 9.17) is 4.74 Å². The molecule has 0 radical (unpaired) electrons. The lowest BCUT2D eigenvalue weighted by Crippen LogP contribution is -2.52. The number of hydrogen-bond donors (Lipinski definition) is 0. The smallest absolute Gasteiger partial charge is 0.329 e.